The standard InChI is InChI=1S/C8H11NO3/c1-12-8(11)5-7(10)6-3-2-4-9-6/h2-4,7,9-10H,5H2,1H3/t7-/m1/s1. The van der Waals surface area contributed by atoms with E-state index in [4.69, 9.17) is 0 Å². The number of esters is 1. The van der Waals surface area contributed by atoms with E-state index in [1.807, 2.05) is 0 Å². The molecule has 0 fully saturated rings. The Balaban J connectivity index is 2.49. The van der Waals surface area contributed by atoms with E-state index >= 15 is 0 Å². The van der Waals surface area contributed by atoms with Gasteiger partial charge in [-0.1, -0.05) is 0 Å². The molecule has 0 aromatic carbocycles. The third-order valence-corrected chi connectivity index (χ3v) is 1.57. The van der Waals surface area contributed by atoms with Gasteiger partial charge in [-0.15, -0.1) is 0 Å². The van der Waals surface area contributed by atoms with Crippen LogP contribution in [0.15, 0.2) is 18.3 Å². The molecule has 0 saturated heterocycles. The molecule has 0 saturated carbocycles. The van der Waals surface area contributed by atoms with E-state index in [9.17, 15) is 9.90 Å². The van der Waals surface area contributed by atoms with Crippen molar-refractivity contribution in [1.82, 2.24) is 4.98 Å². The Morgan fingerprint density at radius 3 is 3.08 bits per heavy atom. The maximum absolute atomic E-state index is 10.7. The lowest BCUT2D eigenvalue weighted by Crippen LogP contribution is -2.08. The molecule has 0 aliphatic heterocycles. The summed E-state index contributed by atoms with van der Waals surface area (Å²) >= 11 is 0. The Bertz CT molecular complexity index is 243. The van der Waals surface area contributed by atoms with Gasteiger partial charge in [0.2, 0.25) is 0 Å². The van der Waals surface area contributed by atoms with Crippen molar-refractivity contribution in [2.75, 3.05) is 7.11 Å². The van der Waals surface area contributed by atoms with Crippen molar-refractivity contribution in [2.45, 2.75) is 12.5 Å². The first-order chi connectivity index (χ1) is 5.74. The first kappa shape index (κ1) is 8.80. The number of methoxy groups -OCH3 is 1. The highest BCUT2D eigenvalue weighted by Gasteiger charge is 2.13. The Kier molecular flexibility index (Phi) is 2.88. The molecule has 0 unspecified atom stereocenters. The van der Waals surface area contributed by atoms with Crippen LogP contribution in [0, 0.1) is 0 Å². The second kappa shape index (κ2) is 3.92. The van der Waals surface area contributed by atoms with E-state index in [-0.39, 0.29) is 6.42 Å². The molecule has 2 N–H and O–H groups in total. The summed E-state index contributed by atoms with van der Waals surface area (Å²) < 4.78 is 4.41. The molecule has 0 aliphatic carbocycles. The van der Waals surface area contributed by atoms with Gasteiger partial charge in [0.25, 0.3) is 0 Å². The van der Waals surface area contributed by atoms with E-state index in [0.717, 1.165) is 0 Å². The van der Waals surface area contributed by atoms with Crippen LogP contribution in [-0.2, 0) is 9.53 Å². The average molecular weight is 169 g/mol. The monoisotopic (exact) mass is 169 g/mol. The van der Waals surface area contributed by atoms with Gasteiger partial charge in [-0.05, 0) is 12.1 Å². The Hall–Kier alpha value is -1.29. The fourth-order valence-corrected chi connectivity index (χ4v) is 0.903. The van der Waals surface area contributed by atoms with Crippen LogP contribution in [0.5, 0.6) is 0 Å². The molecule has 4 nitrogen and oxygen atoms in total. The zero-order chi connectivity index (χ0) is 8.97. The Morgan fingerprint density at radius 1 is 1.83 bits per heavy atom. The third kappa shape index (κ3) is 2.10. The number of carbonyl (C=O) groups excluding carboxylic acids is 1. The molecular formula is C8H11NO3. The number of nitrogens with one attached hydrogen (secondary N) is 1. The second-order valence-electron chi connectivity index (χ2n) is 2.42. The van der Waals surface area contributed by atoms with E-state index in [1.54, 1.807) is 18.3 Å². The Morgan fingerprint density at radius 2 is 2.58 bits per heavy atom. The molecule has 0 radical (unpaired) electrons. The third-order valence-electron chi connectivity index (χ3n) is 1.57. The van der Waals surface area contributed by atoms with Crippen LogP contribution in [0.25, 0.3) is 0 Å². The van der Waals surface area contributed by atoms with E-state index < -0.39 is 12.1 Å². The van der Waals surface area contributed by atoms with Gasteiger partial charge in [-0.2, -0.15) is 0 Å². The number of ether oxygens (including phenoxy) is 1. The maximum Gasteiger partial charge on any atom is 0.308 e. The van der Waals surface area contributed by atoms with Crippen LogP contribution < -0.4 is 0 Å². The number of aromatic amines is 1. The molecular weight excluding hydrogens is 158 g/mol. The predicted molar refractivity (Wildman–Crippen MR) is 42.4 cm³/mol. The van der Waals surface area contributed by atoms with Crippen molar-refractivity contribution in [3.8, 4) is 0 Å². The molecule has 0 amide bonds. The molecule has 1 rings (SSSR count). The fourth-order valence-electron chi connectivity index (χ4n) is 0.903. The number of aromatic nitrogens is 1. The minimum atomic E-state index is -0.799. The number of H-pyrrole nitrogens is 1. The molecule has 4 heteroatoms. The first-order valence-corrected chi connectivity index (χ1v) is 3.62. The van der Waals surface area contributed by atoms with Crippen molar-refractivity contribution >= 4 is 5.97 Å². The van der Waals surface area contributed by atoms with Gasteiger partial charge in [0, 0.05) is 11.9 Å². The van der Waals surface area contributed by atoms with Crippen LogP contribution in [0.3, 0.4) is 0 Å². The van der Waals surface area contributed by atoms with E-state index in [1.165, 1.54) is 7.11 Å². The van der Waals surface area contributed by atoms with Crippen LogP contribution in [0.1, 0.15) is 18.2 Å². The summed E-state index contributed by atoms with van der Waals surface area (Å²) in [6.07, 6.45) is 0.875. The number of hydrogen-bond acceptors (Lipinski definition) is 3. The van der Waals surface area contributed by atoms with Crippen molar-refractivity contribution < 1.29 is 14.6 Å². The van der Waals surface area contributed by atoms with Gasteiger partial charge in [0.1, 0.15) is 6.10 Å². The van der Waals surface area contributed by atoms with Gasteiger partial charge in [-0.3, -0.25) is 4.79 Å². The summed E-state index contributed by atoms with van der Waals surface area (Å²) in [7, 11) is 1.30. The number of aliphatic hydroxyl groups excluding tert-OH is 1. The lowest BCUT2D eigenvalue weighted by atomic mass is 10.2. The maximum atomic E-state index is 10.7. The molecule has 66 valence electrons. The first-order valence-electron chi connectivity index (χ1n) is 3.62. The predicted octanol–water partition coefficient (Wildman–Crippen LogP) is 0.611. The summed E-state index contributed by atoms with van der Waals surface area (Å²) in [5.41, 5.74) is 0.625. The molecule has 0 bridgehead atoms. The lowest BCUT2D eigenvalue weighted by molar-refractivity contribution is -0.142. The lowest BCUT2D eigenvalue weighted by Gasteiger charge is -2.05. The minimum absolute atomic E-state index is 0.0169. The van der Waals surface area contributed by atoms with Crippen LogP contribution >= 0.6 is 0 Å². The summed E-state index contributed by atoms with van der Waals surface area (Å²) in [5, 5.41) is 9.38. The molecule has 1 aromatic rings. The number of aliphatic hydroxyl groups is 1. The second-order valence-corrected chi connectivity index (χ2v) is 2.42. The largest absolute Gasteiger partial charge is 0.469 e. The molecule has 1 aromatic heterocycles. The summed E-state index contributed by atoms with van der Waals surface area (Å²) in [5.74, 6) is -0.419. The van der Waals surface area contributed by atoms with Gasteiger partial charge in [-0.25, -0.2) is 0 Å². The number of hydrogen-bond donors (Lipinski definition) is 2. The molecule has 0 aliphatic rings. The highest BCUT2D eigenvalue weighted by Crippen LogP contribution is 2.13. The molecule has 1 atom stereocenters. The van der Waals surface area contributed by atoms with Crippen molar-refractivity contribution in [3.05, 3.63) is 24.0 Å². The van der Waals surface area contributed by atoms with Crippen LogP contribution in [-0.4, -0.2) is 23.2 Å². The van der Waals surface area contributed by atoms with E-state index in [2.05, 4.69) is 9.72 Å². The normalized spacial score (nSPS) is 12.5. The molecule has 12 heavy (non-hydrogen) atoms. The zero-order valence-electron chi connectivity index (χ0n) is 6.78. The van der Waals surface area contributed by atoms with Crippen molar-refractivity contribution in [3.63, 3.8) is 0 Å². The summed E-state index contributed by atoms with van der Waals surface area (Å²) in [6.45, 7) is 0. The smallest absolute Gasteiger partial charge is 0.308 e. The van der Waals surface area contributed by atoms with Crippen LogP contribution in [0.4, 0.5) is 0 Å². The van der Waals surface area contributed by atoms with Gasteiger partial charge < -0.3 is 14.8 Å². The number of rotatable bonds is 3. The highest BCUT2D eigenvalue weighted by molar-refractivity contribution is 5.69. The van der Waals surface area contributed by atoms with Gasteiger partial charge in [0.15, 0.2) is 0 Å². The summed E-state index contributed by atoms with van der Waals surface area (Å²) in [6, 6.07) is 3.48. The van der Waals surface area contributed by atoms with Crippen molar-refractivity contribution in [2.24, 2.45) is 0 Å². The quantitative estimate of drug-likeness (QED) is 0.652. The van der Waals surface area contributed by atoms with Gasteiger partial charge >= 0.3 is 5.97 Å². The van der Waals surface area contributed by atoms with Crippen LogP contribution in [0.2, 0.25) is 0 Å². The van der Waals surface area contributed by atoms with E-state index in [0.29, 0.717) is 5.69 Å². The fraction of sp³-hybridized carbons (Fsp3) is 0.375. The Labute approximate surface area is 70.2 Å². The minimum Gasteiger partial charge on any atom is -0.469 e. The van der Waals surface area contributed by atoms with Gasteiger partial charge in [0.05, 0.1) is 13.5 Å². The van der Waals surface area contributed by atoms with Crippen molar-refractivity contribution in [1.29, 1.82) is 0 Å². The SMILES string of the molecule is COC(=O)C[C@@H](O)c1ccc[nH]1. The topological polar surface area (TPSA) is 62.3 Å². The number of carbonyl (C=O) groups is 1. The zero-order valence-corrected chi connectivity index (χ0v) is 6.78. The molecule has 0 spiro atoms. The summed E-state index contributed by atoms with van der Waals surface area (Å²) in [4.78, 5) is 13.5. The average Bonchev–Trinajstić information content (AvgIpc) is 2.56. The highest BCUT2D eigenvalue weighted by atomic mass is 16.5. The molecule has 1 heterocycles.